The number of aromatic nitrogens is 1. The first-order valence-corrected chi connectivity index (χ1v) is 7.24. The van der Waals surface area contributed by atoms with Crippen LogP contribution in [0.25, 0.3) is 0 Å². The molecule has 1 aromatic heterocycles. The van der Waals surface area contributed by atoms with Gasteiger partial charge in [-0.25, -0.2) is 9.78 Å². The van der Waals surface area contributed by atoms with E-state index >= 15 is 0 Å². The van der Waals surface area contributed by atoms with Crippen molar-refractivity contribution in [2.24, 2.45) is 0 Å². The van der Waals surface area contributed by atoms with E-state index in [-0.39, 0.29) is 12.4 Å². The highest BCUT2D eigenvalue weighted by molar-refractivity contribution is 5.85. The molecule has 3 rings (SSSR count). The van der Waals surface area contributed by atoms with Crippen molar-refractivity contribution >= 4 is 11.9 Å². The van der Waals surface area contributed by atoms with Gasteiger partial charge in [0.1, 0.15) is 12.7 Å². The highest BCUT2D eigenvalue weighted by Gasteiger charge is 2.17. The molecule has 116 valence electrons. The zero-order valence-electron chi connectivity index (χ0n) is 12.4. The molecule has 6 nitrogen and oxygen atoms in total. The fourth-order valence-corrected chi connectivity index (χ4v) is 2.32. The van der Waals surface area contributed by atoms with Crippen LogP contribution in [0.15, 0.2) is 36.4 Å². The summed E-state index contributed by atoms with van der Waals surface area (Å²) in [7, 11) is 0. The standard InChI is InChI=1S/C17H15N3O3/c18-9-13-8-14-11-22-7-6-15(14)19-16(13)20-17(21)23-10-12-4-2-1-3-5-12/h1-5,8H,6-7,10-11H2,(H,19,20,21). The summed E-state index contributed by atoms with van der Waals surface area (Å²) < 4.78 is 10.5. The van der Waals surface area contributed by atoms with Gasteiger partial charge in [-0.3, -0.25) is 5.32 Å². The number of anilines is 1. The number of fused-ring (bicyclic) bond motifs is 1. The molecule has 1 aliphatic heterocycles. The Hall–Kier alpha value is -2.91. The summed E-state index contributed by atoms with van der Waals surface area (Å²) in [6.45, 7) is 1.19. The number of benzene rings is 1. The Balaban J connectivity index is 1.69. The Kier molecular flexibility index (Phi) is 4.50. The predicted octanol–water partition coefficient (Wildman–Crippen LogP) is 2.77. The number of hydrogen-bond acceptors (Lipinski definition) is 5. The molecule has 0 aliphatic carbocycles. The van der Waals surface area contributed by atoms with E-state index in [2.05, 4.69) is 10.3 Å². The van der Waals surface area contributed by atoms with Crippen LogP contribution >= 0.6 is 0 Å². The molecule has 0 atom stereocenters. The number of amides is 1. The Labute approximate surface area is 133 Å². The molecule has 2 aromatic rings. The van der Waals surface area contributed by atoms with Gasteiger partial charge in [0.25, 0.3) is 0 Å². The Morgan fingerprint density at radius 3 is 3.00 bits per heavy atom. The van der Waals surface area contributed by atoms with Crippen molar-refractivity contribution in [3.63, 3.8) is 0 Å². The molecule has 0 fully saturated rings. The molecule has 1 aromatic carbocycles. The SMILES string of the molecule is N#Cc1cc2c(nc1NC(=O)OCc1ccccc1)CCOC2. The smallest absolute Gasteiger partial charge is 0.413 e. The number of nitrogens with one attached hydrogen (secondary N) is 1. The summed E-state index contributed by atoms with van der Waals surface area (Å²) >= 11 is 0. The van der Waals surface area contributed by atoms with E-state index in [1.165, 1.54) is 0 Å². The maximum absolute atomic E-state index is 11.9. The number of carbonyl (C=O) groups excluding carboxylic acids is 1. The molecule has 2 heterocycles. The summed E-state index contributed by atoms with van der Waals surface area (Å²) in [4.78, 5) is 16.3. The lowest BCUT2D eigenvalue weighted by molar-refractivity contribution is 0.109. The summed E-state index contributed by atoms with van der Waals surface area (Å²) in [6, 6.07) is 13.1. The van der Waals surface area contributed by atoms with Crippen LogP contribution in [0.5, 0.6) is 0 Å². The third kappa shape index (κ3) is 3.65. The highest BCUT2D eigenvalue weighted by Crippen LogP contribution is 2.21. The fraction of sp³-hybridized carbons (Fsp3) is 0.235. The average Bonchev–Trinajstić information content (AvgIpc) is 2.60. The molecule has 23 heavy (non-hydrogen) atoms. The molecular formula is C17H15N3O3. The summed E-state index contributed by atoms with van der Waals surface area (Å²) in [5.41, 5.74) is 2.91. The van der Waals surface area contributed by atoms with Gasteiger partial charge >= 0.3 is 6.09 Å². The molecule has 0 saturated carbocycles. The average molecular weight is 309 g/mol. The topological polar surface area (TPSA) is 84.2 Å². The number of hydrogen-bond donors (Lipinski definition) is 1. The second-order valence-corrected chi connectivity index (χ2v) is 5.09. The lowest BCUT2D eigenvalue weighted by Crippen LogP contribution is -2.18. The number of nitrogens with zero attached hydrogens (tertiary/aromatic N) is 2. The van der Waals surface area contributed by atoms with Gasteiger partial charge in [-0.15, -0.1) is 0 Å². The highest BCUT2D eigenvalue weighted by atomic mass is 16.5. The Bertz CT molecular complexity index is 754. The van der Waals surface area contributed by atoms with Crippen LogP contribution in [-0.2, 0) is 29.1 Å². The van der Waals surface area contributed by atoms with Gasteiger partial charge in [0.2, 0.25) is 0 Å². The van der Waals surface area contributed by atoms with Crippen LogP contribution in [-0.4, -0.2) is 17.7 Å². The molecule has 1 aliphatic rings. The van der Waals surface area contributed by atoms with E-state index in [4.69, 9.17) is 9.47 Å². The van der Waals surface area contributed by atoms with E-state index < -0.39 is 6.09 Å². The molecule has 6 heteroatoms. The minimum absolute atomic E-state index is 0.160. The lowest BCUT2D eigenvalue weighted by Gasteiger charge is -2.17. The molecule has 0 bridgehead atoms. The largest absolute Gasteiger partial charge is 0.444 e. The van der Waals surface area contributed by atoms with Crippen molar-refractivity contribution in [3.05, 3.63) is 58.8 Å². The van der Waals surface area contributed by atoms with E-state index in [1.54, 1.807) is 6.07 Å². The second kappa shape index (κ2) is 6.90. The van der Waals surface area contributed by atoms with Crippen LogP contribution < -0.4 is 5.32 Å². The molecule has 0 saturated heterocycles. The third-order valence-corrected chi connectivity index (χ3v) is 3.49. The molecular weight excluding hydrogens is 294 g/mol. The van der Waals surface area contributed by atoms with Crippen molar-refractivity contribution < 1.29 is 14.3 Å². The molecule has 0 spiro atoms. The van der Waals surface area contributed by atoms with Gasteiger partial charge in [-0.2, -0.15) is 5.26 Å². The number of rotatable bonds is 3. The molecule has 1 N–H and O–H groups in total. The third-order valence-electron chi connectivity index (χ3n) is 3.49. The maximum Gasteiger partial charge on any atom is 0.413 e. The van der Waals surface area contributed by atoms with Crippen molar-refractivity contribution in [2.45, 2.75) is 19.6 Å². The predicted molar refractivity (Wildman–Crippen MR) is 82.6 cm³/mol. The first-order valence-electron chi connectivity index (χ1n) is 7.24. The van der Waals surface area contributed by atoms with Gasteiger partial charge < -0.3 is 9.47 Å². The van der Waals surface area contributed by atoms with Crippen LogP contribution in [0, 0.1) is 11.3 Å². The monoisotopic (exact) mass is 309 g/mol. The van der Waals surface area contributed by atoms with E-state index in [0.29, 0.717) is 25.2 Å². The van der Waals surface area contributed by atoms with Crippen molar-refractivity contribution in [1.29, 1.82) is 5.26 Å². The quantitative estimate of drug-likeness (QED) is 0.942. The number of ether oxygens (including phenoxy) is 2. The zero-order chi connectivity index (χ0) is 16.1. The number of pyridine rings is 1. The van der Waals surface area contributed by atoms with Crippen molar-refractivity contribution in [3.8, 4) is 6.07 Å². The number of nitriles is 1. The van der Waals surface area contributed by atoms with Gasteiger partial charge in [-0.1, -0.05) is 30.3 Å². The Morgan fingerprint density at radius 1 is 1.39 bits per heavy atom. The van der Waals surface area contributed by atoms with Crippen LogP contribution in [0.1, 0.15) is 22.4 Å². The van der Waals surface area contributed by atoms with Crippen molar-refractivity contribution in [1.82, 2.24) is 4.98 Å². The summed E-state index contributed by atoms with van der Waals surface area (Å²) in [6.07, 6.45) is 0.0271. The van der Waals surface area contributed by atoms with Gasteiger partial charge in [0.15, 0.2) is 5.82 Å². The molecule has 0 radical (unpaired) electrons. The van der Waals surface area contributed by atoms with Crippen LogP contribution in [0.2, 0.25) is 0 Å². The van der Waals surface area contributed by atoms with E-state index in [1.807, 2.05) is 36.4 Å². The normalized spacial score (nSPS) is 12.8. The first-order chi connectivity index (χ1) is 11.3. The summed E-state index contributed by atoms with van der Waals surface area (Å²) in [5.74, 6) is 0.228. The van der Waals surface area contributed by atoms with Crippen LogP contribution in [0.3, 0.4) is 0 Å². The van der Waals surface area contributed by atoms with E-state index in [9.17, 15) is 10.1 Å². The second-order valence-electron chi connectivity index (χ2n) is 5.09. The molecule has 1 amide bonds. The summed E-state index contributed by atoms with van der Waals surface area (Å²) in [5, 5.41) is 11.8. The van der Waals surface area contributed by atoms with Gasteiger partial charge in [0.05, 0.1) is 24.5 Å². The lowest BCUT2D eigenvalue weighted by atomic mass is 10.1. The zero-order valence-corrected chi connectivity index (χ0v) is 12.4. The molecule has 0 unspecified atom stereocenters. The fourth-order valence-electron chi connectivity index (χ4n) is 2.32. The maximum atomic E-state index is 11.9. The minimum Gasteiger partial charge on any atom is -0.444 e. The first kappa shape index (κ1) is 15.0. The van der Waals surface area contributed by atoms with Crippen molar-refractivity contribution in [2.75, 3.05) is 11.9 Å². The minimum atomic E-state index is -0.634. The Morgan fingerprint density at radius 2 is 2.22 bits per heavy atom. The van der Waals surface area contributed by atoms with E-state index in [0.717, 1.165) is 16.8 Å². The van der Waals surface area contributed by atoms with Gasteiger partial charge in [0, 0.05) is 12.0 Å². The van der Waals surface area contributed by atoms with Gasteiger partial charge in [-0.05, 0) is 11.6 Å². The number of carbonyl (C=O) groups is 1. The van der Waals surface area contributed by atoms with Crippen LogP contribution in [0.4, 0.5) is 10.6 Å².